The van der Waals surface area contributed by atoms with Gasteiger partial charge >= 0.3 is 0 Å². The van der Waals surface area contributed by atoms with Crippen LogP contribution in [0.3, 0.4) is 0 Å². The molecule has 0 radical (unpaired) electrons. The first-order chi connectivity index (χ1) is 12.4. The number of hydrogen-bond donors (Lipinski definition) is 0. The number of para-hydroxylation sites is 1. The van der Waals surface area contributed by atoms with Crippen molar-refractivity contribution in [3.8, 4) is 0 Å². The summed E-state index contributed by atoms with van der Waals surface area (Å²) in [6.07, 6.45) is 0. The predicted molar refractivity (Wildman–Crippen MR) is 107 cm³/mol. The van der Waals surface area contributed by atoms with E-state index in [0.717, 1.165) is 25.9 Å². The number of aromatic nitrogens is 2. The molecular weight excluding hydrogens is 366 g/mol. The summed E-state index contributed by atoms with van der Waals surface area (Å²) in [5.74, 6) is 0.995. The number of carbonyl (C=O) groups is 1. The van der Waals surface area contributed by atoms with Crippen LogP contribution < -0.4 is 0 Å². The van der Waals surface area contributed by atoms with E-state index in [4.69, 9.17) is 4.42 Å². The van der Waals surface area contributed by atoms with Crippen LogP contribution in [0.25, 0.3) is 11.0 Å². The van der Waals surface area contributed by atoms with E-state index in [0.29, 0.717) is 11.5 Å². The molecule has 0 atom stereocenters. The molecule has 0 aliphatic rings. The molecule has 0 saturated heterocycles. The summed E-state index contributed by atoms with van der Waals surface area (Å²) in [5, 5.41) is 10.1. The highest BCUT2D eigenvalue weighted by atomic mass is 32.2. The van der Waals surface area contributed by atoms with Gasteiger partial charge < -0.3 is 9.32 Å². The molecule has 0 unspecified atom stereocenters. The van der Waals surface area contributed by atoms with Gasteiger partial charge in [-0.2, -0.15) is 0 Å². The molecule has 7 heteroatoms. The van der Waals surface area contributed by atoms with E-state index in [1.807, 2.05) is 63.8 Å². The van der Waals surface area contributed by atoms with Gasteiger partial charge in [0.25, 0.3) is 5.91 Å². The highest BCUT2D eigenvalue weighted by Crippen LogP contribution is 2.34. The fourth-order valence-electron chi connectivity index (χ4n) is 3.07. The highest BCUT2D eigenvalue weighted by molar-refractivity contribution is 8.00. The zero-order chi connectivity index (χ0) is 18.8. The average Bonchev–Trinajstić information content (AvgIpc) is 3.15. The fraction of sp³-hybridized carbons (Fsp3) is 0.421. The number of fused-ring (bicyclic) bond motifs is 1. The number of thioether (sulfide) groups is 1. The molecule has 138 valence electrons. The minimum Gasteiger partial charge on any atom is -0.451 e. The largest absolute Gasteiger partial charge is 0.451 e. The van der Waals surface area contributed by atoms with Crippen molar-refractivity contribution in [1.29, 1.82) is 0 Å². The minimum absolute atomic E-state index is 0.0600. The molecule has 3 aromatic rings. The van der Waals surface area contributed by atoms with Crippen LogP contribution in [0.4, 0.5) is 0 Å². The quantitative estimate of drug-likeness (QED) is 0.546. The van der Waals surface area contributed by atoms with Crippen molar-refractivity contribution < 1.29 is 9.21 Å². The lowest BCUT2D eigenvalue weighted by Gasteiger charge is -2.30. The standard InChI is InChI=1S/C19H23N3O2S2/c1-11(2)22(12(3)4)18(23)17-15(10-25-19-21-20-13(5)26-19)14-8-6-7-9-16(14)24-17/h6-9,11-12H,10H2,1-5H3. The number of carbonyl (C=O) groups excluding carboxylic acids is 1. The molecular formula is C19H23N3O2S2. The Kier molecular flexibility index (Phi) is 5.67. The van der Waals surface area contributed by atoms with Crippen LogP contribution in [0, 0.1) is 6.92 Å². The minimum atomic E-state index is -0.0600. The van der Waals surface area contributed by atoms with E-state index in [2.05, 4.69) is 10.2 Å². The highest BCUT2D eigenvalue weighted by Gasteiger charge is 2.28. The topological polar surface area (TPSA) is 59.2 Å². The Morgan fingerprint density at radius 2 is 1.88 bits per heavy atom. The Labute approximate surface area is 161 Å². The van der Waals surface area contributed by atoms with Gasteiger partial charge in [0, 0.05) is 28.8 Å². The van der Waals surface area contributed by atoms with Gasteiger partial charge in [-0.3, -0.25) is 4.79 Å². The van der Waals surface area contributed by atoms with Crippen LogP contribution in [0.15, 0.2) is 33.0 Å². The molecule has 2 aromatic heterocycles. The maximum atomic E-state index is 13.2. The van der Waals surface area contributed by atoms with E-state index in [1.165, 1.54) is 0 Å². The third-order valence-corrected chi connectivity index (χ3v) is 6.09. The summed E-state index contributed by atoms with van der Waals surface area (Å²) in [4.78, 5) is 15.1. The Morgan fingerprint density at radius 3 is 2.50 bits per heavy atom. The number of hydrogen-bond acceptors (Lipinski definition) is 6. The second kappa shape index (κ2) is 7.80. The first-order valence-electron chi connectivity index (χ1n) is 8.64. The number of furan rings is 1. The van der Waals surface area contributed by atoms with Crippen molar-refractivity contribution in [2.24, 2.45) is 0 Å². The molecule has 0 aliphatic heterocycles. The molecule has 1 aromatic carbocycles. The summed E-state index contributed by atoms with van der Waals surface area (Å²) in [6.45, 7) is 10.0. The van der Waals surface area contributed by atoms with Gasteiger partial charge in [0.05, 0.1) is 0 Å². The molecule has 0 bridgehead atoms. The summed E-state index contributed by atoms with van der Waals surface area (Å²) >= 11 is 3.15. The maximum Gasteiger partial charge on any atom is 0.290 e. The van der Waals surface area contributed by atoms with Crippen molar-refractivity contribution in [3.63, 3.8) is 0 Å². The number of nitrogens with zero attached hydrogens (tertiary/aromatic N) is 3. The Bertz CT molecular complexity index is 907. The van der Waals surface area contributed by atoms with E-state index in [1.54, 1.807) is 23.1 Å². The first kappa shape index (κ1) is 18.9. The van der Waals surface area contributed by atoms with E-state index < -0.39 is 0 Å². The second-order valence-corrected chi connectivity index (χ2v) is 9.09. The number of amides is 1. The fourth-order valence-corrected chi connectivity index (χ4v) is 4.91. The normalized spacial score (nSPS) is 11.7. The monoisotopic (exact) mass is 389 g/mol. The van der Waals surface area contributed by atoms with E-state index >= 15 is 0 Å². The lowest BCUT2D eigenvalue weighted by molar-refractivity contribution is 0.0612. The lowest BCUT2D eigenvalue weighted by atomic mass is 10.1. The maximum absolute atomic E-state index is 13.2. The van der Waals surface area contributed by atoms with Crippen molar-refractivity contribution in [2.75, 3.05) is 0 Å². The third-order valence-electron chi connectivity index (χ3n) is 4.09. The van der Waals surface area contributed by atoms with Crippen molar-refractivity contribution in [2.45, 2.75) is 56.8 Å². The van der Waals surface area contributed by atoms with Gasteiger partial charge in [0.1, 0.15) is 10.6 Å². The second-order valence-electron chi connectivity index (χ2n) is 6.68. The average molecular weight is 390 g/mol. The smallest absolute Gasteiger partial charge is 0.290 e. The van der Waals surface area contributed by atoms with Crippen molar-refractivity contribution in [3.05, 3.63) is 40.6 Å². The molecule has 1 amide bonds. The van der Waals surface area contributed by atoms with Gasteiger partial charge in [-0.1, -0.05) is 41.3 Å². The molecule has 0 spiro atoms. The van der Waals surface area contributed by atoms with Crippen LogP contribution in [0.5, 0.6) is 0 Å². The van der Waals surface area contributed by atoms with Gasteiger partial charge in [-0.05, 0) is 40.7 Å². The number of benzene rings is 1. The van der Waals surface area contributed by atoms with E-state index in [-0.39, 0.29) is 18.0 Å². The Morgan fingerprint density at radius 1 is 1.19 bits per heavy atom. The molecule has 5 nitrogen and oxygen atoms in total. The Balaban J connectivity index is 1.99. The molecule has 0 saturated carbocycles. The van der Waals surface area contributed by atoms with Crippen LogP contribution in [-0.4, -0.2) is 33.1 Å². The Hall–Kier alpha value is -1.86. The summed E-state index contributed by atoms with van der Waals surface area (Å²) in [6, 6.07) is 8.01. The summed E-state index contributed by atoms with van der Waals surface area (Å²) in [5.41, 5.74) is 1.67. The van der Waals surface area contributed by atoms with Crippen LogP contribution in [0.1, 0.15) is 48.8 Å². The number of rotatable bonds is 6. The predicted octanol–water partition coefficient (Wildman–Crippen LogP) is 5.14. The van der Waals surface area contributed by atoms with Crippen molar-refractivity contribution >= 4 is 40.0 Å². The van der Waals surface area contributed by atoms with Crippen molar-refractivity contribution in [1.82, 2.24) is 15.1 Å². The molecule has 0 N–H and O–H groups in total. The van der Waals surface area contributed by atoms with Crippen LogP contribution in [0.2, 0.25) is 0 Å². The molecule has 26 heavy (non-hydrogen) atoms. The first-order valence-corrected chi connectivity index (χ1v) is 10.4. The molecule has 0 fully saturated rings. The molecule has 0 aliphatic carbocycles. The van der Waals surface area contributed by atoms with Gasteiger partial charge in [-0.15, -0.1) is 10.2 Å². The molecule has 3 rings (SSSR count). The van der Waals surface area contributed by atoms with E-state index in [9.17, 15) is 4.79 Å². The summed E-state index contributed by atoms with van der Waals surface area (Å²) < 4.78 is 6.90. The SMILES string of the molecule is Cc1nnc(SCc2c(C(=O)N(C(C)C)C(C)C)oc3ccccc23)s1. The zero-order valence-electron chi connectivity index (χ0n) is 15.6. The third kappa shape index (κ3) is 3.78. The van der Waals surface area contributed by atoms with Gasteiger partial charge in [0.2, 0.25) is 0 Å². The lowest BCUT2D eigenvalue weighted by Crippen LogP contribution is -2.42. The molecule has 2 heterocycles. The number of aryl methyl sites for hydroxylation is 1. The van der Waals surface area contributed by atoms with Crippen LogP contribution >= 0.6 is 23.1 Å². The summed E-state index contributed by atoms with van der Waals surface area (Å²) in [7, 11) is 0. The van der Waals surface area contributed by atoms with Crippen LogP contribution in [-0.2, 0) is 5.75 Å². The zero-order valence-corrected chi connectivity index (χ0v) is 17.3. The van der Waals surface area contributed by atoms with Gasteiger partial charge in [0.15, 0.2) is 10.1 Å². The van der Waals surface area contributed by atoms with Gasteiger partial charge in [-0.25, -0.2) is 0 Å².